The van der Waals surface area contributed by atoms with Gasteiger partial charge in [0.2, 0.25) is 5.69 Å². The molecule has 0 aliphatic rings. The zero-order valence-electron chi connectivity index (χ0n) is 10.8. The molecule has 2 aromatic rings. The number of H-pyrrole nitrogens is 1. The molecule has 0 aliphatic carbocycles. The third-order valence-electron chi connectivity index (χ3n) is 2.78. The Balaban J connectivity index is 2.77. The summed E-state index contributed by atoms with van der Waals surface area (Å²) in [6.45, 7) is 0. The molecule has 2 rings (SSSR count). The second kappa shape index (κ2) is 5.47. The summed E-state index contributed by atoms with van der Waals surface area (Å²) in [4.78, 5) is 40.8. The van der Waals surface area contributed by atoms with Crippen LogP contribution in [0.4, 0.5) is 17.1 Å². The quantitative estimate of drug-likeness (QED) is 0.604. The molecule has 0 atom stereocenters. The fraction of sp³-hybridized carbons (Fsp3) is 0. The summed E-state index contributed by atoms with van der Waals surface area (Å²) < 4.78 is 0. The van der Waals surface area contributed by atoms with Crippen LogP contribution in [0, 0.1) is 30.3 Å². The Labute approximate surface area is 124 Å². The van der Waals surface area contributed by atoms with Crippen LogP contribution >= 0.6 is 0 Å². The number of aromatic amines is 1. The standard InChI is InChI=1S/C10H5N5O8/c16-10(17)8-9(15(22)23)7(11-12-8)5-2-1-4(13(18)19)3-6(5)14(20)21/h1-3H,(H,11,12)(H,16,17). The molecule has 0 aliphatic heterocycles. The summed E-state index contributed by atoms with van der Waals surface area (Å²) in [5.74, 6) is -1.68. The zero-order valence-corrected chi connectivity index (χ0v) is 10.8. The number of nitro benzene ring substituents is 2. The van der Waals surface area contributed by atoms with Crippen molar-refractivity contribution in [2.24, 2.45) is 0 Å². The Hall–Kier alpha value is -3.90. The van der Waals surface area contributed by atoms with Crippen LogP contribution in [-0.2, 0) is 0 Å². The molecular formula is C10H5N5O8. The van der Waals surface area contributed by atoms with E-state index in [9.17, 15) is 35.1 Å². The highest BCUT2D eigenvalue weighted by Gasteiger charge is 2.33. The van der Waals surface area contributed by atoms with Crippen molar-refractivity contribution < 1.29 is 24.7 Å². The van der Waals surface area contributed by atoms with Gasteiger partial charge in [-0.1, -0.05) is 0 Å². The molecule has 118 valence electrons. The summed E-state index contributed by atoms with van der Waals surface area (Å²) in [5, 5.41) is 47.0. The van der Waals surface area contributed by atoms with E-state index in [0.29, 0.717) is 6.07 Å². The number of hydrogen-bond donors (Lipinski definition) is 2. The van der Waals surface area contributed by atoms with Gasteiger partial charge in [-0.05, 0) is 6.07 Å². The molecule has 0 radical (unpaired) electrons. The minimum absolute atomic E-state index is 0.420. The van der Waals surface area contributed by atoms with Gasteiger partial charge in [0, 0.05) is 6.07 Å². The van der Waals surface area contributed by atoms with E-state index in [-0.39, 0.29) is 0 Å². The largest absolute Gasteiger partial charge is 0.476 e. The van der Waals surface area contributed by atoms with Gasteiger partial charge in [-0.15, -0.1) is 0 Å². The number of non-ortho nitro benzene ring substituents is 1. The van der Waals surface area contributed by atoms with Crippen LogP contribution in [0.25, 0.3) is 11.3 Å². The molecule has 0 spiro atoms. The number of rotatable bonds is 5. The normalized spacial score (nSPS) is 10.3. The number of benzene rings is 1. The van der Waals surface area contributed by atoms with Crippen molar-refractivity contribution in [3.63, 3.8) is 0 Å². The summed E-state index contributed by atoms with van der Waals surface area (Å²) in [6.07, 6.45) is 0. The number of nitro groups is 3. The molecule has 0 unspecified atom stereocenters. The maximum Gasteiger partial charge on any atom is 0.361 e. The number of carboxylic acids is 1. The van der Waals surface area contributed by atoms with Crippen LogP contribution in [0.5, 0.6) is 0 Å². The van der Waals surface area contributed by atoms with Crippen molar-refractivity contribution in [3.8, 4) is 11.3 Å². The topological polar surface area (TPSA) is 195 Å². The van der Waals surface area contributed by atoms with E-state index in [2.05, 4.69) is 5.10 Å². The first-order valence-corrected chi connectivity index (χ1v) is 5.63. The highest BCUT2D eigenvalue weighted by molar-refractivity contribution is 5.95. The molecule has 1 aromatic heterocycles. The van der Waals surface area contributed by atoms with Crippen LogP contribution in [0.3, 0.4) is 0 Å². The molecule has 23 heavy (non-hydrogen) atoms. The van der Waals surface area contributed by atoms with Crippen LogP contribution in [0.15, 0.2) is 18.2 Å². The molecule has 0 saturated carbocycles. The molecule has 1 heterocycles. The molecule has 13 heteroatoms. The maximum atomic E-state index is 11.1. The lowest BCUT2D eigenvalue weighted by Crippen LogP contribution is -2.02. The van der Waals surface area contributed by atoms with Crippen molar-refractivity contribution in [1.82, 2.24) is 10.2 Å². The second-order valence-electron chi connectivity index (χ2n) is 4.07. The number of aromatic carboxylic acids is 1. The van der Waals surface area contributed by atoms with Crippen molar-refractivity contribution in [2.45, 2.75) is 0 Å². The van der Waals surface area contributed by atoms with Crippen molar-refractivity contribution in [1.29, 1.82) is 0 Å². The van der Waals surface area contributed by atoms with Gasteiger partial charge < -0.3 is 5.11 Å². The number of hydrogen-bond acceptors (Lipinski definition) is 8. The van der Waals surface area contributed by atoms with Crippen LogP contribution in [0.1, 0.15) is 10.5 Å². The number of aromatic nitrogens is 2. The smallest absolute Gasteiger partial charge is 0.361 e. The van der Waals surface area contributed by atoms with Gasteiger partial charge in [0.25, 0.3) is 11.4 Å². The highest BCUT2D eigenvalue weighted by Crippen LogP contribution is 2.38. The van der Waals surface area contributed by atoms with Crippen molar-refractivity contribution in [3.05, 3.63) is 54.2 Å². The Morgan fingerprint density at radius 2 is 1.74 bits per heavy atom. The van der Waals surface area contributed by atoms with Crippen LogP contribution in [0.2, 0.25) is 0 Å². The second-order valence-corrected chi connectivity index (χ2v) is 4.07. The number of carbonyl (C=O) groups is 1. The molecule has 0 bridgehead atoms. The van der Waals surface area contributed by atoms with Gasteiger partial charge in [0.15, 0.2) is 5.69 Å². The average molecular weight is 323 g/mol. The fourth-order valence-corrected chi connectivity index (χ4v) is 1.84. The third-order valence-corrected chi connectivity index (χ3v) is 2.78. The molecule has 13 nitrogen and oxygen atoms in total. The van der Waals surface area contributed by atoms with E-state index in [0.717, 1.165) is 12.1 Å². The Kier molecular flexibility index (Phi) is 3.68. The molecule has 1 aromatic carbocycles. The van der Waals surface area contributed by atoms with Crippen LogP contribution in [-0.4, -0.2) is 36.0 Å². The zero-order chi connectivity index (χ0) is 17.3. The predicted molar refractivity (Wildman–Crippen MR) is 70.9 cm³/mol. The summed E-state index contributed by atoms with van der Waals surface area (Å²) in [7, 11) is 0. The third kappa shape index (κ3) is 2.65. The Morgan fingerprint density at radius 3 is 2.22 bits per heavy atom. The van der Waals surface area contributed by atoms with Crippen LogP contribution < -0.4 is 0 Å². The van der Waals surface area contributed by atoms with Gasteiger partial charge in [-0.2, -0.15) is 5.10 Å². The Bertz CT molecular complexity index is 857. The molecule has 0 fully saturated rings. The monoisotopic (exact) mass is 323 g/mol. The van der Waals surface area contributed by atoms with Gasteiger partial charge in [0.05, 0.1) is 26.4 Å². The van der Waals surface area contributed by atoms with Gasteiger partial charge in [-0.25, -0.2) is 4.79 Å². The molecule has 0 amide bonds. The SMILES string of the molecule is O=C(O)c1[nH]nc(-c2ccc([N+](=O)[O-])cc2[N+](=O)[O-])c1[N+](=O)[O-]. The van der Waals surface area contributed by atoms with E-state index >= 15 is 0 Å². The average Bonchev–Trinajstić information content (AvgIpc) is 2.91. The number of carboxylic acid groups (broad SMARTS) is 1. The highest BCUT2D eigenvalue weighted by atomic mass is 16.6. The Morgan fingerprint density at radius 1 is 1.09 bits per heavy atom. The lowest BCUT2D eigenvalue weighted by Gasteiger charge is -2.00. The number of nitrogens with one attached hydrogen (secondary N) is 1. The minimum atomic E-state index is -1.68. The lowest BCUT2D eigenvalue weighted by molar-refractivity contribution is -0.394. The summed E-state index contributed by atoms with van der Waals surface area (Å²) >= 11 is 0. The molecule has 2 N–H and O–H groups in total. The maximum absolute atomic E-state index is 11.1. The molecular weight excluding hydrogens is 318 g/mol. The van der Waals surface area contributed by atoms with Gasteiger partial charge >= 0.3 is 11.7 Å². The fourth-order valence-electron chi connectivity index (χ4n) is 1.84. The summed E-state index contributed by atoms with van der Waals surface area (Å²) in [6, 6.07) is 2.39. The molecule has 0 saturated heterocycles. The van der Waals surface area contributed by atoms with E-state index < -0.39 is 54.8 Å². The predicted octanol–water partition coefficient (Wildman–Crippen LogP) is 1.50. The minimum Gasteiger partial charge on any atom is -0.476 e. The summed E-state index contributed by atoms with van der Waals surface area (Å²) in [5.41, 5.74) is -4.28. The van der Waals surface area contributed by atoms with E-state index in [1.54, 1.807) is 0 Å². The van der Waals surface area contributed by atoms with E-state index in [1.807, 2.05) is 5.10 Å². The van der Waals surface area contributed by atoms with Crippen molar-refractivity contribution >= 4 is 23.0 Å². The first-order chi connectivity index (χ1) is 10.7. The van der Waals surface area contributed by atoms with Gasteiger partial charge in [-0.3, -0.25) is 35.4 Å². The van der Waals surface area contributed by atoms with Crippen molar-refractivity contribution in [2.75, 3.05) is 0 Å². The lowest BCUT2D eigenvalue weighted by atomic mass is 10.1. The first-order valence-electron chi connectivity index (χ1n) is 5.63. The number of nitrogens with zero attached hydrogens (tertiary/aromatic N) is 4. The van der Waals surface area contributed by atoms with Gasteiger partial charge in [0.1, 0.15) is 0 Å². The first kappa shape index (κ1) is 15.5. The van der Waals surface area contributed by atoms with E-state index in [4.69, 9.17) is 5.11 Å². The van der Waals surface area contributed by atoms with E-state index in [1.165, 1.54) is 0 Å².